The SMILES string of the molecule is CCCCCC(=O)CS(=O)(=O)O. The molecule has 0 aliphatic carbocycles. The lowest BCUT2D eigenvalue weighted by atomic mass is 10.2. The van der Waals surface area contributed by atoms with Crippen molar-refractivity contribution in [1.82, 2.24) is 0 Å². The van der Waals surface area contributed by atoms with Crippen molar-refractivity contribution in [3.63, 3.8) is 0 Å². The Morgan fingerprint density at radius 1 is 1.33 bits per heavy atom. The number of rotatable bonds is 6. The zero-order valence-corrected chi connectivity index (χ0v) is 7.93. The maximum atomic E-state index is 10.8. The third kappa shape index (κ3) is 7.68. The molecule has 0 fully saturated rings. The lowest BCUT2D eigenvalue weighted by Gasteiger charge is -1.96. The summed E-state index contributed by atoms with van der Waals surface area (Å²) >= 11 is 0. The summed E-state index contributed by atoms with van der Waals surface area (Å²) in [6, 6.07) is 0. The second-order valence-corrected chi connectivity index (χ2v) is 4.17. The van der Waals surface area contributed by atoms with Gasteiger partial charge in [0.2, 0.25) is 0 Å². The van der Waals surface area contributed by atoms with Gasteiger partial charge in [-0.2, -0.15) is 8.42 Å². The molecule has 0 amide bonds. The van der Waals surface area contributed by atoms with Crippen LogP contribution in [0.4, 0.5) is 0 Å². The number of hydrogen-bond acceptors (Lipinski definition) is 3. The monoisotopic (exact) mass is 194 g/mol. The molecule has 0 spiro atoms. The Morgan fingerprint density at radius 2 is 1.92 bits per heavy atom. The number of carbonyl (C=O) groups is 1. The Bertz CT molecular complexity index is 230. The van der Waals surface area contributed by atoms with Crippen LogP contribution in [-0.2, 0) is 14.9 Å². The van der Waals surface area contributed by atoms with Gasteiger partial charge in [0.15, 0.2) is 0 Å². The third-order valence-electron chi connectivity index (χ3n) is 1.40. The summed E-state index contributed by atoms with van der Waals surface area (Å²) in [5.74, 6) is -1.15. The van der Waals surface area contributed by atoms with Gasteiger partial charge in [-0.15, -0.1) is 0 Å². The maximum absolute atomic E-state index is 10.8. The summed E-state index contributed by atoms with van der Waals surface area (Å²) in [5, 5.41) is 0. The highest BCUT2D eigenvalue weighted by Crippen LogP contribution is 2.00. The van der Waals surface area contributed by atoms with Crippen LogP contribution in [0.1, 0.15) is 32.6 Å². The van der Waals surface area contributed by atoms with E-state index in [1.54, 1.807) is 0 Å². The van der Waals surface area contributed by atoms with E-state index in [2.05, 4.69) is 0 Å². The van der Waals surface area contributed by atoms with Crippen LogP contribution >= 0.6 is 0 Å². The summed E-state index contributed by atoms with van der Waals surface area (Å²) in [4.78, 5) is 10.8. The molecule has 0 atom stereocenters. The first-order valence-electron chi connectivity index (χ1n) is 3.92. The van der Waals surface area contributed by atoms with E-state index in [-0.39, 0.29) is 6.42 Å². The van der Waals surface area contributed by atoms with Gasteiger partial charge in [0, 0.05) is 6.42 Å². The van der Waals surface area contributed by atoms with Gasteiger partial charge >= 0.3 is 0 Å². The molecule has 0 rings (SSSR count). The van der Waals surface area contributed by atoms with E-state index in [0.717, 1.165) is 12.8 Å². The molecule has 5 heteroatoms. The lowest BCUT2D eigenvalue weighted by molar-refractivity contribution is -0.116. The van der Waals surface area contributed by atoms with Crippen molar-refractivity contribution < 1.29 is 17.8 Å². The smallest absolute Gasteiger partial charge is 0.272 e. The summed E-state index contributed by atoms with van der Waals surface area (Å²) in [6.07, 6.45) is 2.84. The summed E-state index contributed by atoms with van der Waals surface area (Å²) in [6.45, 7) is 1.99. The van der Waals surface area contributed by atoms with Crippen LogP contribution in [0.25, 0.3) is 0 Å². The molecule has 12 heavy (non-hydrogen) atoms. The Labute approximate surface area is 72.7 Å². The van der Waals surface area contributed by atoms with Crippen LogP contribution in [0.15, 0.2) is 0 Å². The Hall–Kier alpha value is -0.420. The fraction of sp³-hybridized carbons (Fsp3) is 0.857. The van der Waals surface area contributed by atoms with Gasteiger partial charge in [0.05, 0.1) is 0 Å². The van der Waals surface area contributed by atoms with Gasteiger partial charge in [0.25, 0.3) is 10.1 Å². The van der Waals surface area contributed by atoms with Crippen LogP contribution in [0, 0.1) is 0 Å². The van der Waals surface area contributed by atoms with Gasteiger partial charge in [-0.1, -0.05) is 19.8 Å². The van der Waals surface area contributed by atoms with E-state index >= 15 is 0 Å². The minimum atomic E-state index is -4.11. The van der Waals surface area contributed by atoms with Crippen LogP contribution < -0.4 is 0 Å². The zero-order valence-electron chi connectivity index (χ0n) is 7.12. The quantitative estimate of drug-likeness (QED) is 0.506. The molecule has 0 aromatic heterocycles. The molecule has 0 heterocycles. The fourth-order valence-corrected chi connectivity index (χ4v) is 1.40. The predicted octanol–water partition coefficient (Wildman–Crippen LogP) is 1.02. The van der Waals surface area contributed by atoms with E-state index < -0.39 is 21.7 Å². The molecule has 0 aromatic carbocycles. The molecule has 72 valence electrons. The van der Waals surface area contributed by atoms with Crippen LogP contribution in [-0.4, -0.2) is 24.5 Å². The number of ketones is 1. The van der Waals surface area contributed by atoms with E-state index in [0.29, 0.717) is 6.42 Å². The minimum Gasteiger partial charge on any atom is -0.298 e. The Kier molecular flexibility index (Phi) is 5.08. The average Bonchev–Trinajstić information content (AvgIpc) is 1.84. The molecule has 0 bridgehead atoms. The molecular weight excluding hydrogens is 180 g/mol. The van der Waals surface area contributed by atoms with Gasteiger partial charge < -0.3 is 0 Å². The van der Waals surface area contributed by atoms with Crippen molar-refractivity contribution in [1.29, 1.82) is 0 Å². The molecular formula is C7H14O4S. The average molecular weight is 194 g/mol. The van der Waals surface area contributed by atoms with Crippen molar-refractivity contribution in [2.75, 3.05) is 5.75 Å². The second-order valence-electron chi connectivity index (χ2n) is 2.72. The highest BCUT2D eigenvalue weighted by atomic mass is 32.2. The lowest BCUT2D eigenvalue weighted by Crippen LogP contribution is -2.14. The fourth-order valence-electron chi connectivity index (χ4n) is 0.848. The van der Waals surface area contributed by atoms with Crippen molar-refractivity contribution in [3.05, 3.63) is 0 Å². The maximum Gasteiger partial charge on any atom is 0.272 e. The molecule has 4 nitrogen and oxygen atoms in total. The van der Waals surface area contributed by atoms with Crippen LogP contribution in [0.3, 0.4) is 0 Å². The topological polar surface area (TPSA) is 71.4 Å². The van der Waals surface area contributed by atoms with Crippen LogP contribution in [0.5, 0.6) is 0 Å². The van der Waals surface area contributed by atoms with Crippen molar-refractivity contribution in [3.8, 4) is 0 Å². The standard InChI is InChI=1S/C7H14O4S/c1-2-3-4-5-7(8)6-12(9,10)11/h2-6H2,1H3,(H,9,10,11). The van der Waals surface area contributed by atoms with Gasteiger partial charge in [0.1, 0.15) is 11.5 Å². The first-order chi connectivity index (χ1) is 5.45. The van der Waals surface area contributed by atoms with Gasteiger partial charge in [-0.25, -0.2) is 0 Å². The Balaban J connectivity index is 3.62. The molecule has 0 aliphatic heterocycles. The number of hydrogen-bond donors (Lipinski definition) is 1. The molecule has 0 aliphatic rings. The molecule has 1 N–H and O–H groups in total. The molecule has 0 saturated heterocycles. The van der Waals surface area contributed by atoms with Crippen molar-refractivity contribution in [2.24, 2.45) is 0 Å². The molecule has 0 saturated carbocycles. The first-order valence-corrected chi connectivity index (χ1v) is 5.53. The molecule has 0 radical (unpaired) electrons. The summed E-state index contributed by atoms with van der Waals surface area (Å²) < 4.78 is 28.7. The normalized spacial score (nSPS) is 11.5. The van der Waals surface area contributed by atoms with Crippen molar-refractivity contribution >= 4 is 15.9 Å². The van der Waals surface area contributed by atoms with E-state index in [1.807, 2.05) is 6.92 Å². The molecule has 0 unspecified atom stereocenters. The van der Waals surface area contributed by atoms with E-state index in [4.69, 9.17) is 4.55 Å². The number of unbranched alkanes of at least 4 members (excludes halogenated alkanes) is 2. The third-order valence-corrected chi connectivity index (χ3v) is 2.09. The van der Waals surface area contributed by atoms with Gasteiger partial charge in [-0.3, -0.25) is 9.35 Å². The first kappa shape index (κ1) is 11.6. The highest BCUT2D eigenvalue weighted by Gasteiger charge is 2.11. The van der Waals surface area contributed by atoms with Crippen LogP contribution in [0.2, 0.25) is 0 Å². The second kappa shape index (κ2) is 5.27. The van der Waals surface area contributed by atoms with Gasteiger partial charge in [-0.05, 0) is 6.42 Å². The number of Topliss-reactive ketones (excluding diaryl/α,β-unsaturated/α-hetero) is 1. The largest absolute Gasteiger partial charge is 0.298 e. The van der Waals surface area contributed by atoms with E-state index in [9.17, 15) is 13.2 Å². The summed E-state index contributed by atoms with van der Waals surface area (Å²) in [7, 11) is -4.11. The molecule has 0 aromatic rings. The Morgan fingerprint density at radius 3 is 2.33 bits per heavy atom. The number of carbonyl (C=O) groups excluding carboxylic acids is 1. The zero-order chi connectivity index (χ0) is 9.61. The van der Waals surface area contributed by atoms with E-state index in [1.165, 1.54) is 0 Å². The minimum absolute atomic E-state index is 0.244. The summed E-state index contributed by atoms with van der Waals surface area (Å²) in [5.41, 5.74) is 0. The highest BCUT2D eigenvalue weighted by molar-refractivity contribution is 7.86. The predicted molar refractivity (Wildman–Crippen MR) is 45.6 cm³/mol. The van der Waals surface area contributed by atoms with Crippen molar-refractivity contribution in [2.45, 2.75) is 32.6 Å².